The molecule has 5 N–H and O–H groups in total. The van der Waals surface area contributed by atoms with Gasteiger partial charge in [-0.2, -0.15) is 8.42 Å². The number of benzene rings is 3. The minimum atomic E-state index is -3.67. The van der Waals surface area contributed by atoms with Crippen LogP contribution in [0.5, 0.6) is 0 Å². The van der Waals surface area contributed by atoms with Crippen LogP contribution in [0.1, 0.15) is 55.1 Å². The fourth-order valence-corrected chi connectivity index (χ4v) is 5.20. The highest BCUT2D eigenvalue weighted by atomic mass is 32.2. The lowest BCUT2D eigenvalue weighted by Crippen LogP contribution is -2.22. The van der Waals surface area contributed by atoms with Crippen molar-refractivity contribution in [3.63, 3.8) is 0 Å². The van der Waals surface area contributed by atoms with E-state index in [0.29, 0.717) is 34.3 Å². The van der Waals surface area contributed by atoms with Gasteiger partial charge in [0.25, 0.3) is 16.0 Å². The number of rotatable bonds is 12. The number of anilines is 1. The van der Waals surface area contributed by atoms with Crippen LogP contribution in [0, 0.1) is 5.82 Å². The number of nitrogens with zero attached hydrogens (tertiary/aromatic N) is 1. The van der Waals surface area contributed by atoms with E-state index in [1.165, 1.54) is 12.1 Å². The molecule has 1 amide bonds. The van der Waals surface area contributed by atoms with Crippen molar-refractivity contribution in [3.05, 3.63) is 102 Å². The lowest BCUT2D eigenvalue weighted by atomic mass is 9.94. The molecule has 3 aromatic carbocycles. The van der Waals surface area contributed by atoms with Crippen LogP contribution in [0.2, 0.25) is 0 Å². The summed E-state index contributed by atoms with van der Waals surface area (Å²) in [6, 6.07) is 24.8. The molecule has 46 heavy (non-hydrogen) atoms. The van der Waals surface area contributed by atoms with E-state index in [1.807, 2.05) is 79.1 Å². The standard InChI is InChI=1S/C33H35FN2O5.CH4O3S/c1-21(2)31-30(33(41)35-25-11-7-4-8-12-25)29(22-9-5-3-6-10-22)32(23-13-15-24(34)16-14-23)36(31)18-17-26(37)19-27(38)20-28(39)40;1-5(2,3)4/h3-16,21,26-27,37-38H,17-20H2,1-2H3,(H,35,41)(H,39,40);1H3,(H,2,3,4)/t26-,27-;/m1./s1. The van der Waals surface area contributed by atoms with Crippen molar-refractivity contribution in [1.82, 2.24) is 4.57 Å². The van der Waals surface area contributed by atoms with Gasteiger partial charge in [0.15, 0.2) is 0 Å². The van der Waals surface area contributed by atoms with Crippen LogP contribution < -0.4 is 5.32 Å². The van der Waals surface area contributed by atoms with Crippen LogP contribution in [0.3, 0.4) is 0 Å². The summed E-state index contributed by atoms with van der Waals surface area (Å²) in [5.74, 6) is -1.93. The van der Waals surface area contributed by atoms with E-state index in [2.05, 4.69) is 5.32 Å². The number of amides is 1. The average Bonchev–Trinajstić information content (AvgIpc) is 3.32. The van der Waals surface area contributed by atoms with Crippen LogP contribution >= 0.6 is 0 Å². The zero-order valence-corrected chi connectivity index (χ0v) is 26.6. The zero-order chi connectivity index (χ0) is 34.0. The number of carbonyl (C=O) groups excluding carboxylic acids is 1. The fraction of sp³-hybridized carbons (Fsp3) is 0.294. The van der Waals surface area contributed by atoms with E-state index >= 15 is 0 Å². The van der Waals surface area contributed by atoms with Gasteiger partial charge in [0, 0.05) is 23.5 Å². The van der Waals surface area contributed by atoms with Gasteiger partial charge in [0.1, 0.15) is 5.82 Å². The molecule has 0 saturated heterocycles. The Hall–Kier alpha value is -4.36. The van der Waals surface area contributed by atoms with Crippen molar-refractivity contribution < 1.29 is 42.3 Å². The third-order valence-corrected chi connectivity index (χ3v) is 6.93. The topological polar surface area (TPSA) is 166 Å². The minimum Gasteiger partial charge on any atom is -0.481 e. The van der Waals surface area contributed by atoms with Crippen molar-refractivity contribution in [1.29, 1.82) is 0 Å². The van der Waals surface area contributed by atoms with Crippen LogP contribution in [0.25, 0.3) is 22.4 Å². The molecule has 12 heteroatoms. The maximum absolute atomic E-state index is 14.0. The van der Waals surface area contributed by atoms with E-state index in [0.717, 1.165) is 11.3 Å². The molecule has 4 rings (SSSR count). The largest absolute Gasteiger partial charge is 0.481 e. The number of aliphatic carboxylic acids is 1. The predicted octanol–water partition coefficient (Wildman–Crippen LogP) is 5.82. The molecule has 0 spiro atoms. The first-order valence-corrected chi connectivity index (χ1v) is 16.4. The van der Waals surface area contributed by atoms with Crippen LogP contribution in [-0.2, 0) is 21.5 Å². The van der Waals surface area contributed by atoms with Gasteiger partial charge in [-0.05, 0) is 66.3 Å². The van der Waals surface area contributed by atoms with Gasteiger partial charge < -0.3 is 25.2 Å². The first kappa shape index (κ1) is 36.1. The first-order chi connectivity index (χ1) is 21.7. The van der Waals surface area contributed by atoms with Crippen LogP contribution in [0.4, 0.5) is 10.1 Å². The van der Waals surface area contributed by atoms with Gasteiger partial charge in [-0.15, -0.1) is 0 Å². The van der Waals surface area contributed by atoms with Crippen LogP contribution in [-0.4, -0.2) is 63.2 Å². The Kier molecular flexibility index (Phi) is 12.8. The number of aliphatic hydroxyl groups excluding tert-OH is 2. The van der Waals surface area contributed by atoms with Gasteiger partial charge >= 0.3 is 5.97 Å². The molecule has 0 unspecified atom stereocenters. The number of hydrogen-bond acceptors (Lipinski definition) is 6. The maximum Gasteiger partial charge on any atom is 0.305 e. The molecular formula is C34H39FN2O8S. The lowest BCUT2D eigenvalue weighted by molar-refractivity contribution is -0.139. The highest BCUT2D eigenvalue weighted by molar-refractivity contribution is 7.85. The van der Waals surface area contributed by atoms with E-state index < -0.39 is 34.7 Å². The van der Waals surface area contributed by atoms with E-state index in [-0.39, 0.29) is 37.0 Å². The van der Waals surface area contributed by atoms with Crippen molar-refractivity contribution in [3.8, 4) is 22.4 Å². The molecule has 0 aliphatic carbocycles. The van der Waals surface area contributed by atoms with Crippen molar-refractivity contribution in [2.45, 2.75) is 57.8 Å². The monoisotopic (exact) mass is 654 g/mol. The van der Waals surface area contributed by atoms with Crippen molar-refractivity contribution in [2.24, 2.45) is 0 Å². The molecule has 10 nitrogen and oxygen atoms in total. The number of aromatic nitrogens is 1. The Morgan fingerprint density at radius 1 is 0.870 bits per heavy atom. The lowest BCUT2D eigenvalue weighted by Gasteiger charge is -2.20. The molecule has 1 aromatic heterocycles. The summed E-state index contributed by atoms with van der Waals surface area (Å²) in [6.45, 7) is 4.25. The molecule has 2 atom stereocenters. The Morgan fingerprint density at radius 3 is 1.93 bits per heavy atom. The fourth-order valence-electron chi connectivity index (χ4n) is 5.20. The van der Waals surface area contributed by atoms with Gasteiger partial charge in [-0.1, -0.05) is 62.4 Å². The Balaban J connectivity index is 0.00000107. The third kappa shape index (κ3) is 10.6. The number of hydrogen-bond donors (Lipinski definition) is 5. The molecule has 0 radical (unpaired) electrons. The minimum absolute atomic E-state index is 0.0939. The second-order valence-electron chi connectivity index (χ2n) is 11.1. The van der Waals surface area contributed by atoms with E-state index in [1.54, 1.807) is 12.1 Å². The second kappa shape index (κ2) is 16.3. The molecular weight excluding hydrogens is 615 g/mol. The number of para-hydroxylation sites is 1. The molecule has 0 fully saturated rings. The zero-order valence-electron chi connectivity index (χ0n) is 25.8. The quantitative estimate of drug-likeness (QED) is 0.119. The van der Waals surface area contributed by atoms with Crippen molar-refractivity contribution in [2.75, 3.05) is 11.6 Å². The molecule has 1 heterocycles. The number of halogens is 1. The summed E-state index contributed by atoms with van der Waals surface area (Å²) < 4.78 is 41.9. The SMILES string of the molecule is CC(C)c1c(C(=O)Nc2ccccc2)c(-c2ccccc2)c(-c2ccc(F)cc2)n1CC[C@@H](O)C[C@@H](O)CC(=O)O.CS(=O)(=O)O. The van der Waals surface area contributed by atoms with Gasteiger partial charge in [0.05, 0.1) is 36.1 Å². The molecule has 0 bridgehead atoms. The number of carbonyl (C=O) groups is 2. The predicted molar refractivity (Wildman–Crippen MR) is 175 cm³/mol. The molecule has 0 aliphatic rings. The number of carboxylic acids is 1. The summed E-state index contributed by atoms with van der Waals surface area (Å²) >= 11 is 0. The molecule has 246 valence electrons. The highest BCUT2D eigenvalue weighted by Gasteiger charge is 2.31. The molecule has 0 saturated carbocycles. The summed E-state index contributed by atoms with van der Waals surface area (Å²) in [4.78, 5) is 25.0. The third-order valence-electron chi connectivity index (χ3n) is 6.93. The summed E-state index contributed by atoms with van der Waals surface area (Å²) in [5.41, 5.74) is 4.77. The first-order valence-electron chi connectivity index (χ1n) is 14.6. The Morgan fingerprint density at radius 2 is 1.41 bits per heavy atom. The second-order valence-corrected chi connectivity index (χ2v) is 12.6. The smallest absolute Gasteiger partial charge is 0.305 e. The van der Waals surface area contributed by atoms with E-state index in [9.17, 15) is 32.6 Å². The summed E-state index contributed by atoms with van der Waals surface area (Å²) in [5, 5.41) is 32.8. The molecule has 0 aliphatic heterocycles. The summed E-state index contributed by atoms with van der Waals surface area (Å²) in [7, 11) is -3.67. The summed E-state index contributed by atoms with van der Waals surface area (Å²) in [6.07, 6.45) is -1.79. The molecule has 4 aromatic rings. The number of carboxylic acid groups (broad SMARTS) is 1. The highest BCUT2D eigenvalue weighted by Crippen LogP contribution is 2.42. The maximum atomic E-state index is 14.0. The number of aliphatic hydroxyl groups is 2. The van der Waals surface area contributed by atoms with Gasteiger partial charge in [-0.3, -0.25) is 14.1 Å². The average molecular weight is 655 g/mol. The van der Waals surface area contributed by atoms with E-state index in [4.69, 9.17) is 9.66 Å². The van der Waals surface area contributed by atoms with Gasteiger partial charge in [-0.25, -0.2) is 4.39 Å². The Labute approximate surface area is 267 Å². The van der Waals surface area contributed by atoms with Gasteiger partial charge in [0.2, 0.25) is 0 Å². The Bertz CT molecular complexity index is 1700. The van der Waals surface area contributed by atoms with Crippen LogP contribution in [0.15, 0.2) is 84.9 Å². The van der Waals surface area contributed by atoms with Crippen molar-refractivity contribution >= 4 is 27.7 Å². The normalized spacial score (nSPS) is 12.6. The number of nitrogens with one attached hydrogen (secondary N) is 1.